The van der Waals surface area contributed by atoms with Crippen LogP contribution in [0.1, 0.15) is 11.5 Å². The number of hydrogen-bond donors (Lipinski definition) is 0. The Hall–Kier alpha value is -3.32. The summed E-state index contributed by atoms with van der Waals surface area (Å²) in [7, 11) is 0. The third kappa shape index (κ3) is 3.93. The fourth-order valence-corrected chi connectivity index (χ4v) is 2.71. The summed E-state index contributed by atoms with van der Waals surface area (Å²) < 4.78 is 21.1. The Morgan fingerprint density at radius 3 is 2.89 bits per heavy atom. The number of hydrogen-bond acceptors (Lipinski definition) is 7. The van der Waals surface area contributed by atoms with Crippen LogP contribution in [0.25, 0.3) is 17.5 Å². The van der Waals surface area contributed by atoms with Crippen LogP contribution in [0.3, 0.4) is 0 Å². The van der Waals surface area contributed by atoms with E-state index in [2.05, 4.69) is 10.2 Å². The average molecular weight is 385 g/mol. The van der Waals surface area contributed by atoms with E-state index in [-0.39, 0.29) is 19.3 Å². The van der Waals surface area contributed by atoms with Gasteiger partial charge < -0.3 is 18.6 Å². The van der Waals surface area contributed by atoms with Crippen molar-refractivity contribution in [3.63, 3.8) is 0 Å². The fraction of sp³-hybridized carbons (Fsp3) is 0.105. The minimum atomic E-state index is -0.553. The Kier molecular flexibility index (Phi) is 4.76. The number of rotatable bonds is 5. The van der Waals surface area contributed by atoms with Gasteiger partial charge in [0.25, 0.3) is 5.89 Å². The quantitative estimate of drug-likeness (QED) is 0.487. The second kappa shape index (κ2) is 7.51. The molecule has 0 spiro atoms. The van der Waals surface area contributed by atoms with Gasteiger partial charge in [-0.3, -0.25) is 0 Å². The number of aromatic nitrogens is 2. The summed E-state index contributed by atoms with van der Waals surface area (Å²) in [6.07, 6.45) is 2.85. The molecule has 0 bridgehead atoms. The molecule has 2 aromatic carbocycles. The van der Waals surface area contributed by atoms with Gasteiger partial charge in [0.15, 0.2) is 18.1 Å². The molecule has 136 valence electrons. The van der Waals surface area contributed by atoms with Crippen molar-refractivity contribution in [3.05, 3.63) is 65.0 Å². The third-order valence-electron chi connectivity index (χ3n) is 3.69. The molecule has 3 aromatic rings. The van der Waals surface area contributed by atoms with E-state index >= 15 is 0 Å². The van der Waals surface area contributed by atoms with Crippen molar-refractivity contribution in [1.82, 2.24) is 10.2 Å². The number of carbonyl (C=O) groups excluding carboxylic acids is 1. The molecule has 0 saturated carbocycles. The highest BCUT2D eigenvalue weighted by Gasteiger charge is 2.17. The Balaban J connectivity index is 1.36. The number of ether oxygens (including phenoxy) is 3. The zero-order chi connectivity index (χ0) is 18.6. The smallest absolute Gasteiger partial charge is 0.331 e. The predicted molar refractivity (Wildman–Crippen MR) is 96.1 cm³/mol. The largest absolute Gasteiger partial charge is 0.454 e. The third-order valence-corrected chi connectivity index (χ3v) is 3.97. The Labute approximate surface area is 159 Å². The van der Waals surface area contributed by atoms with Gasteiger partial charge in [-0.15, -0.1) is 10.2 Å². The standard InChI is InChI=1S/C19H13ClN2O5/c20-14-8-12(9-15-18(14)26-11-25-15)6-7-17(23)24-10-16-21-22-19(27-16)13-4-2-1-3-5-13/h1-9H,10-11H2/b7-6+. The van der Waals surface area contributed by atoms with Gasteiger partial charge in [0.05, 0.1) is 5.02 Å². The van der Waals surface area contributed by atoms with Crippen LogP contribution in [0.5, 0.6) is 11.5 Å². The lowest BCUT2D eigenvalue weighted by atomic mass is 10.2. The fourth-order valence-electron chi connectivity index (χ4n) is 2.44. The van der Waals surface area contributed by atoms with Crippen molar-refractivity contribution < 1.29 is 23.4 Å². The zero-order valence-corrected chi connectivity index (χ0v) is 14.7. The van der Waals surface area contributed by atoms with E-state index in [9.17, 15) is 4.79 Å². The number of benzene rings is 2. The number of halogens is 1. The van der Waals surface area contributed by atoms with Gasteiger partial charge in [-0.2, -0.15) is 0 Å². The Morgan fingerprint density at radius 1 is 1.19 bits per heavy atom. The molecule has 4 rings (SSSR count). The monoisotopic (exact) mass is 384 g/mol. The molecule has 0 aliphatic carbocycles. The maximum Gasteiger partial charge on any atom is 0.331 e. The van der Waals surface area contributed by atoms with Crippen molar-refractivity contribution in [2.45, 2.75) is 6.61 Å². The maximum atomic E-state index is 11.9. The molecular weight excluding hydrogens is 372 g/mol. The van der Waals surface area contributed by atoms with Gasteiger partial charge >= 0.3 is 5.97 Å². The first-order valence-corrected chi connectivity index (χ1v) is 8.38. The van der Waals surface area contributed by atoms with Crippen molar-refractivity contribution in [2.24, 2.45) is 0 Å². The van der Waals surface area contributed by atoms with Crippen LogP contribution in [0, 0.1) is 0 Å². The molecular formula is C19H13ClN2O5. The summed E-state index contributed by atoms with van der Waals surface area (Å²) in [5.74, 6) is 1.06. The molecule has 0 amide bonds. The van der Waals surface area contributed by atoms with E-state index in [1.807, 2.05) is 30.3 Å². The lowest BCUT2D eigenvalue weighted by molar-refractivity contribution is -0.139. The molecule has 0 atom stereocenters. The normalized spacial score (nSPS) is 12.5. The first-order chi connectivity index (χ1) is 13.2. The second-order valence-corrected chi connectivity index (χ2v) is 5.95. The van der Waals surface area contributed by atoms with Crippen molar-refractivity contribution in [1.29, 1.82) is 0 Å². The molecule has 27 heavy (non-hydrogen) atoms. The maximum absolute atomic E-state index is 11.9. The minimum absolute atomic E-state index is 0.120. The van der Waals surface area contributed by atoms with E-state index in [1.165, 1.54) is 6.08 Å². The van der Waals surface area contributed by atoms with Crippen LogP contribution in [0.15, 0.2) is 53.0 Å². The van der Waals surface area contributed by atoms with Gasteiger partial charge in [-0.05, 0) is 35.9 Å². The van der Waals surface area contributed by atoms with E-state index in [1.54, 1.807) is 18.2 Å². The number of fused-ring (bicyclic) bond motifs is 1. The van der Waals surface area contributed by atoms with Crippen LogP contribution in [-0.4, -0.2) is 23.0 Å². The first-order valence-electron chi connectivity index (χ1n) is 8.01. The van der Waals surface area contributed by atoms with E-state index in [0.717, 1.165) is 5.56 Å². The summed E-state index contributed by atoms with van der Waals surface area (Å²) >= 11 is 6.10. The summed E-state index contributed by atoms with van der Waals surface area (Å²) in [5.41, 5.74) is 1.48. The lowest BCUT2D eigenvalue weighted by Gasteiger charge is -2.01. The number of nitrogens with zero attached hydrogens (tertiary/aromatic N) is 2. The van der Waals surface area contributed by atoms with Gasteiger partial charge in [0, 0.05) is 11.6 Å². The Bertz CT molecular complexity index is 1000. The molecule has 0 N–H and O–H groups in total. The predicted octanol–water partition coefficient (Wildman–Crippen LogP) is 3.88. The van der Waals surface area contributed by atoms with Crippen LogP contribution < -0.4 is 9.47 Å². The van der Waals surface area contributed by atoms with Crippen molar-refractivity contribution in [2.75, 3.05) is 6.79 Å². The summed E-state index contributed by atoms with van der Waals surface area (Å²) in [5, 5.41) is 8.22. The van der Waals surface area contributed by atoms with Crippen LogP contribution in [0.2, 0.25) is 5.02 Å². The lowest BCUT2D eigenvalue weighted by Crippen LogP contribution is -2.00. The van der Waals surface area contributed by atoms with Gasteiger partial charge in [0.1, 0.15) is 0 Å². The Morgan fingerprint density at radius 2 is 2.04 bits per heavy atom. The second-order valence-electron chi connectivity index (χ2n) is 5.54. The summed E-state index contributed by atoms with van der Waals surface area (Å²) in [6, 6.07) is 12.7. The van der Waals surface area contributed by atoms with E-state index in [4.69, 9.17) is 30.2 Å². The van der Waals surface area contributed by atoms with E-state index < -0.39 is 5.97 Å². The zero-order valence-electron chi connectivity index (χ0n) is 13.9. The van der Waals surface area contributed by atoms with E-state index in [0.29, 0.717) is 28.0 Å². The number of carbonyl (C=O) groups is 1. The molecule has 0 unspecified atom stereocenters. The molecule has 8 heteroatoms. The van der Waals surface area contributed by atoms with Crippen molar-refractivity contribution >= 4 is 23.6 Å². The molecule has 2 heterocycles. The van der Waals surface area contributed by atoms with Crippen LogP contribution in [0.4, 0.5) is 0 Å². The van der Waals surface area contributed by atoms with Crippen LogP contribution >= 0.6 is 11.6 Å². The first kappa shape index (κ1) is 17.1. The van der Waals surface area contributed by atoms with Gasteiger partial charge in [-0.25, -0.2) is 4.79 Å². The average Bonchev–Trinajstić information content (AvgIpc) is 3.35. The van der Waals surface area contributed by atoms with Gasteiger partial charge in [0.2, 0.25) is 12.7 Å². The topological polar surface area (TPSA) is 83.7 Å². The van der Waals surface area contributed by atoms with Gasteiger partial charge in [-0.1, -0.05) is 29.8 Å². The highest BCUT2D eigenvalue weighted by atomic mass is 35.5. The molecule has 0 saturated heterocycles. The number of esters is 1. The van der Waals surface area contributed by atoms with Crippen LogP contribution in [-0.2, 0) is 16.1 Å². The molecule has 1 aromatic heterocycles. The highest BCUT2D eigenvalue weighted by molar-refractivity contribution is 6.32. The molecule has 1 aliphatic rings. The molecule has 0 fully saturated rings. The molecule has 7 nitrogen and oxygen atoms in total. The summed E-state index contributed by atoms with van der Waals surface area (Å²) in [6.45, 7) is 0.00428. The summed E-state index contributed by atoms with van der Waals surface area (Å²) in [4.78, 5) is 11.9. The highest BCUT2D eigenvalue weighted by Crippen LogP contribution is 2.40. The molecule has 0 radical (unpaired) electrons. The van der Waals surface area contributed by atoms with Crippen molar-refractivity contribution in [3.8, 4) is 23.0 Å². The SMILES string of the molecule is O=C(/C=C/c1cc(Cl)c2c(c1)OCO2)OCc1nnc(-c2ccccc2)o1. The minimum Gasteiger partial charge on any atom is -0.454 e. The molecule has 1 aliphatic heterocycles.